The van der Waals surface area contributed by atoms with Gasteiger partial charge in [0.25, 0.3) is 0 Å². The normalized spacial score (nSPS) is 17.2. The fourth-order valence-electron chi connectivity index (χ4n) is 2.64. The Bertz CT molecular complexity index is 742. The summed E-state index contributed by atoms with van der Waals surface area (Å²) in [7, 11) is 0. The first kappa shape index (κ1) is 16.4. The standard InChI is InChI=1S/C17H19N3O3S/c1-3-23-14-6-4-13(5-7-14)20-10-12(8-15(20)21)16(22)19-17-18-9-11(2)24-17/h4-7,9,12H,3,8,10H2,1-2H3,(H,18,19,22). The lowest BCUT2D eigenvalue weighted by Crippen LogP contribution is -2.28. The molecule has 0 radical (unpaired) electrons. The van der Waals surface area contributed by atoms with Crippen molar-refractivity contribution < 1.29 is 14.3 Å². The zero-order chi connectivity index (χ0) is 17.1. The summed E-state index contributed by atoms with van der Waals surface area (Å²) >= 11 is 1.42. The van der Waals surface area contributed by atoms with Crippen molar-refractivity contribution in [1.82, 2.24) is 4.98 Å². The minimum absolute atomic E-state index is 0.0466. The fourth-order valence-corrected chi connectivity index (χ4v) is 3.31. The number of aromatic nitrogens is 1. The van der Waals surface area contributed by atoms with Crippen molar-refractivity contribution in [3.05, 3.63) is 35.3 Å². The molecule has 3 rings (SSSR count). The highest BCUT2D eigenvalue weighted by Crippen LogP contribution is 2.28. The fraction of sp³-hybridized carbons (Fsp3) is 0.353. The van der Waals surface area contributed by atoms with Crippen molar-refractivity contribution in [1.29, 1.82) is 0 Å². The molecule has 1 saturated heterocycles. The van der Waals surface area contributed by atoms with Crippen molar-refractivity contribution in [2.45, 2.75) is 20.3 Å². The van der Waals surface area contributed by atoms with E-state index in [1.54, 1.807) is 11.1 Å². The predicted octanol–water partition coefficient (Wildman–Crippen LogP) is 2.84. The van der Waals surface area contributed by atoms with Crippen LogP contribution in [0.2, 0.25) is 0 Å². The van der Waals surface area contributed by atoms with E-state index in [2.05, 4.69) is 10.3 Å². The molecule has 1 aromatic heterocycles. The van der Waals surface area contributed by atoms with E-state index in [0.29, 0.717) is 18.3 Å². The lowest BCUT2D eigenvalue weighted by molar-refractivity contribution is -0.122. The largest absolute Gasteiger partial charge is 0.494 e. The topological polar surface area (TPSA) is 71.5 Å². The molecule has 1 aliphatic heterocycles. The Balaban J connectivity index is 1.65. The number of thiazole rings is 1. The third kappa shape index (κ3) is 3.56. The van der Waals surface area contributed by atoms with Crippen molar-refractivity contribution in [2.24, 2.45) is 5.92 Å². The van der Waals surface area contributed by atoms with Gasteiger partial charge in [-0.05, 0) is 38.1 Å². The summed E-state index contributed by atoms with van der Waals surface area (Å²) in [6.07, 6.45) is 1.93. The summed E-state index contributed by atoms with van der Waals surface area (Å²) in [5.41, 5.74) is 0.781. The molecule has 24 heavy (non-hydrogen) atoms. The van der Waals surface area contributed by atoms with Crippen LogP contribution in [0.3, 0.4) is 0 Å². The maximum Gasteiger partial charge on any atom is 0.231 e. The first-order valence-corrected chi connectivity index (χ1v) is 8.65. The van der Waals surface area contributed by atoms with E-state index >= 15 is 0 Å². The minimum Gasteiger partial charge on any atom is -0.494 e. The Hall–Kier alpha value is -2.41. The van der Waals surface area contributed by atoms with Crippen LogP contribution in [0.25, 0.3) is 0 Å². The predicted molar refractivity (Wildman–Crippen MR) is 93.6 cm³/mol. The number of amides is 2. The van der Waals surface area contributed by atoms with Crippen LogP contribution in [0.5, 0.6) is 5.75 Å². The van der Waals surface area contributed by atoms with Crippen LogP contribution >= 0.6 is 11.3 Å². The number of ether oxygens (including phenoxy) is 1. The average Bonchev–Trinajstić information content (AvgIpc) is 3.14. The number of nitrogens with one attached hydrogen (secondary N) is 1. The molecule has 0 spiro atoms. The van der Waals surface area contributed by atoms with Gasteiger partial charge in [0.1, 0.15) is 5.75 Å². The number of hydrogen-bond donors (Lipinski definition) is 1. The maximum absolute atomic E-state index is 12.3. The summed E-state index contributed by atoms with van der Waals surface area (Å²) in [6, 6.07) is 7.34. The summed E-state index contributed by atoms with van der Waals surface area (Å²) < 4.78 is 5.40. The van der Waals surface area contributed by atoms with E-state index in [1.165, 1.54) is 11.3 Å². The number of carbonyl (C=O) groups is 2. The van der Waals surface area contributed by atoms with Crippen molar-refractivity contribution in [3.63, 3.8) is 0 Å². The van der Waals surface area contributed by atoms with Crippen molar-refractivity contribution >= 4 is 34.0 Å². The van der Waals surface area contributed by atoms with Crippen molar-refractivity contribution in [2.75, 3.05) is 23.4 Å². The summed E-state index contributed by atoms with van der Waals surface area (Å²) in [4.78, 5) is 31.4. The minimum atomic E-state index is -0.367. The Morgan fingerprint density at radius 3 is 2.79 bits per heavy atom. The lowest BCUT2D eigenvalue weighted by Gasteiger charge is -2.17. The lowest BCUT2D eigenvalue weighted by atomic mass is 10.1. The van der Waals surface area contributed by atoms with Crippen LogP contribution in [0.1, 0.15) is 18.2 Å². The molecule has 7 heteroatoms. The molecule has 0 aliphatic carbocycles. The van der Waals surface area contributed by atoms with Gasteiger partial charge in [-0.1, -0.05) is 0 Å². The highest BCUT2D eigenvalue weighted by Gasteiger charge is 2.35. The molecule has 0 saturated carbocycles. The quantitative estimate of drug-likeness (QED) is 0.904. The van der Waals surface area contributed by atoms with Crippen LogP contribution in [0, 0.1) is 12.8 Å². The first-order chi connectivity index (χ1) is 11.6. The summed E-state index contributed by atoms with van der Waals surface area (Å²) in [5.74, 6) is 0.190. The first-order valence-electron chi connectivity index (χ1n) is 7.83. The second kappa shape index (κ2) is 7.00. The van der Waals surface area contributed by atoms with Crippen LogP contribution in [-0.2, 0) is 9.59 Å². The number of rotatable bonds is 5. The number of hydrogen-bond acceptors (Lipinski definition) is 5. The van der Waals surface area contributed by atoms with Gasteiger partial charge in [-0.3, -0.25) is 9.59 Å². The van der Waals surface area contributed by atoms with E-state index in [0.717, 1.165) is 16.3 Å². The molecule has 0 bridgehead atoms. The Morgan fingerprint density at radius 1 is 1.42 bits per heavy atom. The average molecular weight is 345 g/mol. The van der Waals surface area contributed by atoms with E-state index in [9.17, 15) is 9.59 Å². The molecule has 1 aromatic carbocycles. The molecule has 1 unspecified atom stereocenters. The number of nitrogens with zero attached hydrogens (tertiary/aromatic N) is 2. The third-order valence-electron chi connectivity index (χ3n) is 3.81. The number of carbonyl (C=O) groups excluding carboxylic acids is 2. The molecule has 126 valence electrons. The third-order valence-corrected chi connectivity index (χ3v) is 4.63. The van der Waals surface area contributed by atoms with Crippen molar-refractivity contribution in [3.8, 4) is 5.75 Å². The molecule has 1 N–H and O–H groups in total. The molecule has 6 nitrogen and oxygen atoms in total. The second-order valence-corrected chi connectivity index (χ2v) is 6.83. The molecular weight excluding hydrogens is 326 g/mol. The van der Waals surface area contributed by atoms with E-state index in [-0.39, 0.29) is 24.2 Å². The highest BCUT2D eigenvalue weighted by molar-refractivity contribution is 7.15. The Kier molecular flexibility index (Phi) is 4.80. The summed E-state index contributed by atoms with van der Waals surface area (Å²) in [5, 5.41) is 3.37. The number of benzene rings is 1. The smallest absolute Gasteiger partial charge is 0.231 e. The molecule has 2 heterocycles. The second-order valence-electron chi connectivity index (χ2n) is 5.60. The van der Waals surface area contributed by atoms with Gasteiger partial charge in [0.15, 0.2) is 5.13 Å². The maximum atomic E-state index is 12.3. The van der Waals surface area contributed by atoms with Crippen LogP contribution < -0.4 is 15.0 Å². The zero-order valence-electron chi connectivity index (χ0n) is 13.6. The van der Waals surface area contributed by atoms with E-state index in [1.807, 2.05) is 38.1 Å². The molecule has 2 aromatic rings. The summed E-state index contributed by atoms with van der Waals surface area (Å²) in [6.45, 7) is 4.83. The molecule has 1 atom stereocenters. The van der Waals surface area contributed by atoms with Gasteiger partial charge in [-0.25, -0.2) is 4.98 Å². The number of anilines is 2. The Labute approximate surface area is 144 Å². The van der Waals surface area contributed by atoms with Crippen LogP contribution in [-0.4, -0.2) is 29.9 Å². The van der Waals surface area contributed by atoms with E-state index < -0.39 is 0 Å². The number of aryl methyl sites for hydroxylation is 1. The van der Waals surface area contributed by atoms with Gasteiger partial charge < -0.3 is 15.0 Å². The Morgan fingerprint density at radius 2 is 2.17 bits per heavy atom. The monoisotopic (exact) mass is 345 g/mol. The molecular formula is C17H19N3O3S. The van der Waals surface area contributed by atoms with Gasteiger partial charge in [0, 0.05) is 29.7 Å². The van der Waals surface area contributed by atoms with Gasteiger partial charge in [-0.15, -0.1) is 11.3 Å². The molecule has 1 fully saturated rings. The van der Waals surface area contributed by atoms with Gasteiger partial charge in [-0.2, -0.15) is 0 Å². The SMILES string of the molecule is CCOc1ccc(N2CC(C(=O)Nc3ncc(C)s3)CC2=O)cc1. The van der Waals surface area contributed by atoms with Gasteiger partial charge in [0.2, 0.25) is 11.8 Å². The van der Waals surface area contributed by atoms with Crippen LogP contribution in [0.4, 0.5) is 10.8 Å². The van der Waals surface area contributed by atoms with Gasteiger partial charge >= 0.3 is 0 Å². The molecule has 2 amide bonds. The highest BCUT2D eigenvalue weighted by atomic mass is 32.1. The van der Waals surface area contributed by atoms with Gasteiger partial charge in [0.05, 0.1) is 12.5 Å². The molecule has 1 aliphatic rings. The van der Waals surface area contributed by atoms with Crippen LogP contribution in [0.15, 0.2) is 30.5 Å². The van der Waals surface area contributed by atoms with E-state index in [4.69, 9.17) is 4.74 Å². The zero-order valence-corrected chi connectivity index (χ0v) is 14.4.